The summed E-state index contributed by atoms with van der Waals surface area (Å²) in [6, 6.07) is 8.90. The normalized spacial score (nSPS) is 38.5. The second kappa shape index (κ2) is 40.7. The average Bonchev–Trinajstić information content (AvgIpc) is 0.775. The number of esters is 4. The number of rotatable bonds is 27. The Balaban J connectivity index is 1.24. The molecule has 7 N–H and O–H groups in total. The molecule has 0 aromatic heterocycles. The molecule has 1 aromatic carbocycles. The molecule has 97 heavy (non-hydrogen) atoms. The standard InChI is InChI=1S/C72H116O25/c1-10-13-15-16-17-18-21-24-32-38-50(74)92-66-65(97-68-56(80)54(78)52(76)42(5)84-68)61(95-69-58(82)62(60(45(8)86-69)93-67(83)41(4)12-3)90-51(75)40-39-47-33-28-26-29-34-47)46(9)88-72(66)94-59-44(7)87-71-64(57(59)81)91-49(73)37-31-25-22-19-20-23-30-36-48(35-27-14-11-2)89-70-63(96-71)55(79)53(77)43(6)85-70/h26,28-29,33-34,39-46,48,52-66,68-72,76-82H,10-25,27,30-32,35-38H2,1-9H3/t41-,42-,43+,44-,45-,46-,48-,52-,53-,54+,55-,56+,57+,58+,59-,60-,61-,62-,63+,64+,65+,66+,68-,69-,70-,71-,72-/m0/s1. The van der Waals surface area contributed by atoms with E-state index in [4.69, 9.17) is 66.3 Å². The third-order valence-electron chi connectivity index (χ3n) is 19.6. The number of ether oxygens (including phenoxy) is 14. The Hall–Kier alpha value is -3.84. The summed E-state index contributed by atoms with van der Waals surface area (Å²) in [4.78, 5) is 55.8. The third kappa shape index (κ3) is 23.3. The van der Waals surface area contributed by atoms with Gasteiger partial charge in [0.2, 0.25) is 0 Å². The Kier molecular flexibility index (Phi) is 33.8. The van der Waals surface area contributed by atoms with Crippen molar-refractivity contribution in [3.8, 4) is 0 Å². The number of benzene rings is 1. The lowest BCUT2D eigenvalue weighted by Crippen LogP contribution is -2.68. The molecule has 0 amide bonds. The van der Waals surface area contributed by atoms with Gasteiger partial charge in [-0.2, -0.15) is 0 Å². The van der Waals surface area contributed by atoms with Gasteiger partial charge in [0.05, 0.1) is 42.5 Å². The SMILES string of the molecule is CCCCCCCCCCCC(=O)O[C@H]1[C@H](O[C@@H]2[C@@H](O)[C@H]3OC(=O)CCCCCCCCC[C@H](CCCCC)O[C@@H]4O[C@H](C)[C@H](O)[C@H](O)[C@H]4O[C@@H]3O[C@H]2C)O[C@@H](C)[C@H](O[C@@H]2O[C@@H](C)[C@H](OC(=O)[C@@H](C)CC)[C@@H](OC(=O)C=Cc3ccccc3)[C@H]2O)[C@H]1O[C@@H]1O[C@@H](C)[C@H](O)[C@@H](O)[C@H]1O. The van der Waals surface area contributed by atoms with Crippen molar-refractivity contribution in [2.45, 2.75) is 376 Å². The molecular weight excluding hydrogens is 1260 g/mol. The molecule has 25 nitrogen and oxygen atoms in total. The quantitative estimate of drug-likeness (QED) is 0.0193. The summed E-state index contributed by atoms with van der Waals surface area (Å²) in [6.45, 7) is 15.4. The second-order valence-electron chi connectivity index (χ2n) is 27.5. The van der Waals surface area contributed by atoms with Crippen LogP contribution in [0.5, 0.6) is 0 Å². The van der Waals surface area contributed by atoms with Gasteiger partial charge in [-0.05, 0) is 78.4 Å². The van der Waals surface area contributed by atoms with E-state index in [2.05, 4.69) is 13.8 Å². The van der Waals surface area contributed by atoms with Crippen LogP contribution in [-0.4, -0.2) is 219 Å². The van der Waals surface area contributed by atoms with Crippen LogP contribution in [0.2, 0.25) is 0 Å². The van der Waals surface area contributed by atoms with E-state index in [1.165, 1.54) is 33.8 Å². The van der Waals surface area contributed by atoms with Crippen LogP contribution in [0.25, 0.3) is 6.08 Å². The van der Waals surface area contributed by atoms with Gasteiger partial charge in [0.15, 0.2) is 55.9 Å². The van der Waals surface area contributed by atoms with Crippen LogP contribution in [0.4, 0.5) is 0 Å². The fourth-order valence-electron chi connectivity index (χ4n) is 13.3. The zero-order valence-corrected chi connectivity index (χ0v) is 58.6. The lowest BCUT2D eigenvalue weighted by Gasteiger charge is -2.51. The molecule has 6 fully saturated rings. The zero-order chi connectivity index (χ0) is 70.3. The highest BCUT2D eigenvalue weighted by molar-refractivity contribution is 5.87. The van der Waals surface area contributed by atoms with E-state index < -0.39 is 183 Å². The fourth-order valence-corrected chi connectivity index (χ4v) is 13.3. The highest BCUT2D eigenvalue weighted by atomic mass is 16.8. The van der Waals surface area contributed by atoms with E-state index >= 15 is 0 Å². The largest absolute Gasteiger partial charge is 0.455 e. The zero-order valence-electron chi connectivity index (χ0n) is 58.6. The van der Waals surface area contributed by atoms with Crippen LogP contribution in [0.15, 0.2) is 36.4 Å². The third-order valence-corrected chi connectivity index (χ3v) is 19.6. The molecule has 1 aromatic rings. The number of fused-ring (bicyclic) bond motifs is 2. The van der Waals surface area contributed by atoms with Crippen molar-refractivity contribution in [1.29, 1.82) is 0 Å². The van der Waals surface area contributed by atoms with E-state index in [1.54, 1.807) is 45.0 Å². The Morgan fingerprint density at radius 3 is 1.73 bits per heavy atom. The topological polar surface area (TPSA) is 339 Å². The van der Waals surface area contributed by atoms with Gasteiger partial charge in [0, 0.05) is 18.9 Å². The number of hydrogen-bond acceptors (Lipinski definition) is 25. The molecule has 0 radical (unpaired) electrons. The molecule has 554 valence electrons. The number of carbonyl (C=O) groups excluding carboxylic acids is 4. The maximum Gasteiger partial charge on any atom is 0.331 e. The number of aliphatic hydroxyl groups excluding tert-OH is 7. The highest BCUT2D eigenvalue weighted by Gasteiger charge is 2.59. The molecule has 25 heteroatoms. The minimum Gasteiger partial charge on any atom is -0.455 e. The van der Waals surface area contributed by atoms with Crippen molar-refractivity contribution in [3.63, 3.8) is 0 Å². The van der Waals surface area contributed by atoms with Crippen LogP contribution in [0.1, 0.15) is 222 Å². The van der Waals surface area contributed by atoms with Gasteiger partial charge in [0.25, 0.3) is 0 Å². The molecule has 6 aliphatic rings. The predicted molar refractivity (Wildman–Crippen MR) is 350 cm³/mol. The smallest absolute Gasteiger partial charge is 0.331 e. The average molecular weight is 1380 g/mol. The molecule has 0 aliphatic carbocycles. The summed E-state index contributed by atoms with van der Waals surface area (Å²) in [5.41, 5.74) is 0.666. The van der Waals surface area contributed by atoms with Gasteiger partial charge >= 0.3 is 23.9 Å². The molecule has 0 unspecified atom stereocenters. The van der Waals surface area contributed by atoms with Crippen LogP contribution in [0.3, 0.4) is 0 Å². The van der Waals surface area contributed by atoms with Crippen molar-refractivity contribution in [3.05, 3.63) is 42.0 Å². The number of carbonyl (C=O) groups is 4. The lowest BCUT2D eigenvalue weighted by molar-refractivity contribution is -0.399. The predicted octanol–water partition coefficient (Wildman–Crippen LogP) is 7.60. The first-order chi connectivity index (χ1) is 46.5. The molecule has 0 saturated carbocycles. The van der Waals surface area contributed by atoms with Crippen molar-refractivity contribution in [1.82, 2.24) is 0 Å². The van der Waals surface area contributed by atoms with Gasteiger partial charge in [-0.25, -0.2) is 4.79 Å². The summed E-state index contributed by atoms with van der Waals surface area (Å²) < 4.78 is 89.7. The molecule has 0 spiro atoms. The van der Waals surface area contributed by atoms with Gasteiger partial charge < -0.3 is 102 Å². The Morgan fingerprint density at radius 1 is 0.495 bits per heavy atom. The summed E-state index contributed by atoms with van der Waals surface area (Å²) in [7, 11) is 0. The Labute approximate surface area is 573 Å². The number of hydrogen-bond donors (Lipinski definition) is 7. The number of unbranched alkanes of at least 4 members (excludes halogenated alkanes) is 10. The van der Waals surface area contributed by atoms with Crippen molar-refractivity contribution in [2.24, 2.45) is 5.92 Å². The minimum absolute atomic E-state index is 0.0375. The molecule has 6 heterocycles. The summed E-state index contributed by atoms with van der Waals surface area (Å²) in [5.74, 6) is -3.63. The first-order valence-electron chi connectivity index (χ1n) is 36.4. The van der Waals surface area contributed by atoms with E-state index in [0.29, 0.717) is 44.1 Å². The van der Waals surface area contributed by atoms with Crippen molar-refractivity contribution < 1.29 is 121 Å². The van der Waals surface area contributed by atoms with E-state index in [0.717, 1.165) is 109 Å². The van der Waals surface area contributed by atoms with Crippen molar-refractivity contribution in [2.75, 3.05) is 0 Å². The Morgan fingerprint density at radius 2 is 1.04 bits per heavy atom. The van der Waals surface area contributed by atoms with Gasteiger partial charge in [-0.1, -0.05) is 167 Å². The molecule has 7 rings (SSSR count). The lowest BCUT2D eigenvalue weighted by atomic mass is 9.95. The first kappa shape index (κ1) is 80.5. The first-order valence-corrected chi connectivity index (χ1v) is 36.4. The van der Waals surface area contributed by atoms with Crippen LogP contribution in [-0.2, 0) is 85.5 Å². The summed E-state index contributed by atoms with van der Waals surface area (Å²) in [5, 5.41) is 82.1. The van der Waals surface area contributed by atoms with Crippen LogP contribution < -0.4 is 0 Å². The van der Waals surface area contributed by atoms with Crippen LogP contribution >= 0.6 is 0 Å². The molecule has 27 atom stereocenters. The Bertz CT molecular complexity index is 2490. The van der Waals surface area contributed by atoms with E-state index in [9.17, 15) is 54.9 Å². The summed E-state index contributed by atoms with van der Waals surface area (Å²) >= 11 is 0. The van der Waals surface area contributed by atoms with Crippen LogP contribution in [0, 0.1) is 5.92 Å². The minimum atomic E-state index is -1.94. The fraction of sp³-hybridized carbons (Fsp3) is 0.833. The van der Waals surface area contributed by atoms with Crippen molar-refractivity contribution >= 4 is 30.0 Å². The van der Waals surface area contributed by atoms with E-state index in [1.807, 2.05) is 6.07 Å². The number of aliphatic hydroxyl groups is 7. The maximum absolute atomic E-state index is 14.5. The van der Waals surface area contributed by atoms with Gasteiger partial charge in [0.1, 0.15) is 67.1 Å². The molecule has 6 saturated heterocycles. The maximum atomic E-state index is 14.5. The molecule has 6 aliphatic heterocycles. The van der Waals surface area contributed by atoms with Gasteiger partial charge in [-0.3, -0.25) is 14.4 Å². The highest BCUT2D eigenvalue weighted by Crippen LogP contribution is 2.40. The molecule has 0 bridgehead atoms. The monoisotopic (exact) mass is 1380 g/mol. The second-order valence-corrected chi connectivity index (χ2v) is 27.5. The van der Waals surface area contributed by atoms with E-state index in [-0.39, 0.29) is 18.9 Å². The summed E-state index contributed by atoms with van der Waals surface area (Å²) in [6.07, 6.45) is -17.6. The van der Waals surface area contributed by atoms with Gasteiger partial charge in [-0.15, -0.1) is 0 Å². The molecular formula is C72H116O25.